The van der Waals surface area contributed by atoms with E-state index in [1.54, 1.807) is 0 Å². The van der Waals surface area contributed by atoms with Crippen LogP contribution in [0.4, 0.5) is 5.13 Å². The molecule has 0 aliphatic heterocycles. The summed E-state index contributed by atoms with van der Waals surface area (Å²) in [7, 11) is 0. The number of carbonyl (C=O) groups excluding carboxylic acids is 1. The van der Waals surface area contributed by atoms with E-state index in [4.69, 9.17) is 11.6 Å². The summed E-state index contributed by atoms with van der Waals surface area (Å²) in [6, 6.07) is 7.61. The summed E-state index contributed by atoms with van der Waals surface area (Å²) < 4.78 is 1.87. The van der Waals surface area contributed by atoms with Crippen molar-refractivity contribution in [2.45, 2.75) is 25.3 Å². The number of amides is 1. The first kappa shape index (κ1) is 13.7. The van der Waals surface area contributed by atoms with Crippen LogP contribution in [-0.2, 0) is 11.3 Å². The summed E-state index contributed by atoms with van der Waals surface area (Å²) in [5, 5.41) is 14.3. The van der Waals surface area contributed by atoms with Gasteiger partial charge in [0, 0.05) is 22.7 Å². The van der Waals surface area contributed by atoms with Crippen molar-refractivity contribution in [3.8, 4) is 0 Å². The standard InChI is InChI=1S/C15H13ClN4OS/c16-11-4-3-9-5-6-20(12(9)7-11)8-13(21)17-15-19-18-14(22-15)10-1-2-10/h3-7,10H,1-2,8H2,(H,17,19,21). The summed E-state index contributed by atoms with van der Waals surface area (Å²) in [5.74, 6) is 0.439. The van der Waals surface area contributed by atoms with Crippen molar-refractivity contribution in [2.24, 2.45) is 0 Å². The van der Waals surface area contributed by atoms with Crippen molar-refractivity contribution in [2.75, 3.05) is 5.32 Å². The molecular formula is C15H13ClN4OS. The maximum Gasteiger partial charge on any atom is 0.246 e. The molecule has 3 aromatic rings. The fraction of sp³-hybridized carbons (Fsp3) is 0.267. The lowest BCUT2D eigenvalue weighted by Crippen LogP contribution is -2.18. The van der Waals surface area contributed by atoms with Crippen LogP contribution in [0.2, 0.25) is 5.02 Å². The molecule has 0 bridgehead atoms. The summed E-state index contributed by atoms with van der Waals surface area (Å²) in [5.41, 5.74) is 0.943. The Hall–Kier alpha value is -1.92. The highest BCUT2D eigenvalue weighted by Gasteiger charge is 2.27. The zero-order valence-electron chi connectivity index (χ0n) is 11.6. The molecule has 5 nitrogen and oxygen atoms in total. The van der Waals surface area contributed by atoms with Gasteiger partial charge in [-0.05, 0) is 36.4 Å². The molecule has 2 heterocycles. The molecule has 1 aliphatic rings. The summed E-state index contributed by atoms with van der Waals surface area (Å²) >= 11 is 7.49. The van der Waals surface area contributed by atoms with Crippen molar-refractivity contribution in [3.63, 3.8) is 0 Å². The Labute approximate surface area is 135 Å². The van der Waals surface area contributed by atoms with E-state index in [2.05, 4.69) is 15.5 Å². The van der Waals surface area contributed by atoms with E-state index in [-0.39, 0.29) is 12.5 Å². The van der Waals surface area contributed by atoms with Gasteiger partial charge in [-0.25, -0.2) is 0 Å². The SMILES string of the molecule is O=C(Cn1ccc2ccc(Cl)cc21)Nc1nnc(C2CC2)s1. The number of fused-ring (bicyclic) bond motifs is 1. The number of carbonyl (C=O) groups is 1. The monoisotopic (exact) mass is 332 g/mol. The molecule has 0 atom stereocenters. The molecule has 0 unspecified atom stereocenters. The van der Waals surface area contributed by atoms with Crippen molar-refractivity contribution >= 4 is 44.9 Å². The van der Waals surface area contributed by atoms with Gasteiger partial charge in [0.05, 0.1) is 0 Å². The Balaban J connectivity index is 1.49. The van der Waals surface area contributed by atoms with Crippen LogP contribution in [0.3, 0.4) is 0 Å². The van der Waals surface area contributed by atoms with Crippen LogP contribution in [0, 0.1) is 0 Å². The van der Waals surface area contributed by atoms with Gasteiger partial charge in [-0.1, -0.05) is 29.0 Å². The van der Waals surface area contributed by atoms with E-state index in [9.17, 15) is 4.79 Å². The third-order valence-corrected chi connectivity index (χ3v) is 4.90. The Morgan fingerprint density at radius 3 is 3.05 bits per heavy atom. The number of anilines is 1. The summed E-state index contributed by atoms with van der Waals surface area (Å²) in [4.78, 5) is 12.2. The third kappa shape index (κ3) is 2.71. The molecule has 1 aromatic carbocycles. The van der Waals surface area contributed by atoms with Gasteiger partial charge in [-0.15, -0.1) is 10.2 Å². The fourth-order valence-electron chi connectivity index (χ4n) is 2.39. The normalized spacial score (nSPS) is 14.4. The highest BCUT2D eigenvalue weighted by atomic mass is 35.5. The molecule has 1 amide bonds. The molecule has 4 rings (SSSR count). The van der Waals surface area contributed by atoms with Crippen LogP contribution in [-0.4, -0.2) is 20.7 Å². The van der Waals surface area contributed by atoms with Crippen LogP contribution in [0.5, 0.6) is 0 Å². The van der Waals surface area contributed by atoms with Crippen LogP contribution < -0.4 is 5.32 Å². The average molecular weight is 333 g/mol. The quantitative estimate of drug-likeness (QED) is 0.793. The first-order valence-electron chi connectivity index (χ1n) is 7.07. The van der Waals surface area contributed by atoms with Gasteiger partial charge in [0.1, 0.15) is 11.6 Å². The van der Waals surface area contributed by atoms with E-state index < -0.39 is 0 Å². The second-order valence-electron chi connectivity index (χ2n) is 5.41. The van der Waals surface area contributed by atoms with Crippen molar-refractivity contribution in [1.82, 2.24) is 14.8 Å². The lowest BCUT2D eigenvalue weighted by Gasteiger charge is -2.05. The van der Waals surface area contributed by atoms with Gasteiger partial charge in [-0.3, -0.25) is 10.1 Å². The fourth-order valence-corrected chi connectivity index (χ4v) is 3.48. The Kier molecular flexibility index (Phi) is 3.35. The van der Waals surface area contributed by atoms with Gasteiger partial charge in [0.15, 0.2) is 0 Å². The number of benzene rings is 1. The summed E-state index contributed by atoms with van der Waals surface area (Å²) in [6.45, 7) is 0.224. The van der Waals surface area contributed by atoms with Crippen LogP contribution in [0.1, 0.15) is 23.8 Å². The molecule has 7 heteroatoms. The molecule has 0 saturated heterocycles. The minimum absolute atomic E-state index is 0.115. The molecule has 2 aromatic heterocycles. The van der Waals surface area contributed by atoms with Crippen molar-refractivity contribution < 1.29 is 4.79 Å². The minimum Gasteiger partial charge on any atom is -0.338 e. The van der Waals surface area contributed by atoms with E-state index in [0.29, 0.717) is 16.1 Å². The maximum atomic E-state index is 12.2. The topological polar surface area (TPSA) is 59.8 Å². The highest BCUT2D eigenvalue weighted by molar-refractivity contribution is 7.15. The average Bonchev–Trinajstić information content (AvgIpc) is 3.13. The van der Waals surface area contributed by atoms with Crippen molar-refractivity contribution in [3.05, 3.63) is 40.5 Å². The van der Waals surface area contributed by atoms with Crippen LogP contribution >= 0.6 is 22.9 Å². The van der Waals surface area contributed by atoms with Crippen LogP contribution in [0.25, 0.3) is 10.9 Å². The van der Waals surface area contributed by atoms with E-state index >= 15 is 0 Å². The van der Waals surface area contributed by atoms with Gasteiger partial charge in [-0.2, -0.15) is 0 Å². The molecule has 112 valence electrons. The Bertz CT molecular complexity index is 852. The lowest BCUT2D eigenvalue weighted by molar-refractivity contribution is -0.116. The molecule has 1 aliphatic carbocycles. The molecule has 1 N–H and O–H groups in total. The number of halogens is 1. The number of nitrogens with zero attached hydrogens (tertiary/aromatic N) is 3. The smallest absolute Gasteiger partial charge is 0.246 e. The number of hydrogen-bond acceptors (Lipinski definition) is 4. The third-order valence-electron chi connectivity index (χ3n) is 3.66. The van der Waals surface area contributed by atoms with Gasteiger partial charge < -0.3 is 4.57 Å². The minimum atomic E-state index is -0.115. The second-order valence-corrected chi connectivity index (χ2v) is 6.86. The van der Waals surface area contributed by atoms with E-state index in [1.165, 1.54) is 24.2 Å². The largest absolute Gasteiger partial charge is 0.338 e. The maximum absolute atomic E-state index is 12.2. The number of rotatable bonds is 4. The first-order chi connectivity index (χ1) is 10.7. The molecule has 1 saturated carbocycles. The van der Waals surface area contributed by atoms with Crippen molar-refractivity contribution in [1.29, 1.82) is 0 Å². The molecule has 0 spiro atoms. The molecule has 22 heavy (non-hydrogen) atoms. The first-order valence-corrected chi connectivity index (χ1v) is 8.26. The Morgan fingerprint density at radius 2 is 2.23 bits per heavy atom. The highest BCUT2D eigenvalue weighted by Crippen LogP contribution is 2.42. The van der Waals surface area contributed by atoms with Gasteiger partial charge in [0.25, 0.3) is 0 Å². The van der Waals surface area contributed by atoms with Gasteiger partial charge >= 0.3 is 0 Å². The zero-order chi connectivity index (χ0) is 15.1. The number of nitrogens with one attached hydrogen (secondary N) is 1. The van der Waals surface area contributed by atoms with Crippen LogP contribution in [0.15, 0.2) is 30.5 Å². The van der Waals surface area contributed by atoms with Gasteiger partial charge in [0.2, 0.25) is 11.0 Å². The summed E-state index contributed by atoms with van der Waals surface area (Å²) in [6.07, 6.45) is 4.24. The number of aromatic nitrogens is 3. The molecular weight excluding hydrogens is 320 g/mol. The predicted octanol–water partition coefficient (Wildman–Crippen LogP) is 3.66. The van der Waals surface area contributed by atoms with E-state index in [1.807, 2.05) is 35.0 Å². The lowest BCUT2D eigenvalue weighted by atomic mass is 10.2. The second kappa shape index (κ2) is 5.37. The Morgan fingerprint density at radius 1 is 1.36 bits per heavy atom. The predicted molar refractivity (Wildman–Crippen MR) is 87.5 cm³/mol. The molecule has 0 radical (unpaired) electrons. The zero-order valence-corrected chi connectivity index (χ0v) is 13.2. The molecule has 1 fully saturated rings. The number of hydrogen-bond donors (Lipinski definition) is 1. The van der Waals surface area contributed by atoms with E-state index in [0.717, 1.165) is 15.9 Å².